The number of hydrogen-bond donors (Lipinski definition) is 1. The highest BCUT2D eigenvalue weighted by Gasteiger charge is 2.13. The highest BCUT2D eigenvalue weighted by atomic mass is 16.5. The molecule has 5 heteroatoms. The molecule has 0 radical (unpaired) electrons. The van der Waals surface area contributed by atoms with E-state index < -0.39 is 5.97 Å². The Bertz CT molecular complexity index is 520. The fourth-order valence-electron chi connectivity index (χ4n) is 1.56. The number of nitrogens with zero attached hydrogens (tertiary/aromatic N) is 2. The number of carbonyl (C=O) groups is 1. The van der Waals surface area contributed by atoms with E-state index >= 15 is 0 Å². The molecule has 0 aliphatic heterocycles. The molecule has 0 atom stereocenters. The van der Waals surface area contributed by atoms with E-state index in [-0.39, 0.29) is 12.3 Å². The molecule has 0 fully saturated rings. The summed E-state index contributed by atoms with van der Waals surface area (Å²) in [5, 5.41) is 8.92. The van der Waals surface area contributed by atoms with Gasteiger partial charge >= 0.3 is 5.97 Å². The standard InChI is InChI=1S/C12H12N2O3/c1-17-8-11-13-10(12(15)16)7-14(11)9-5-3-2-4-6-9/h2-7H,8H2,1H3,(H,15,16). The first kappa shape index (κ1) is 11.3. The van der Waals surface area contributed by atoms with Gasteiger partial charge in [0.05, 0.1) is 0 Å². The molecule has 1 heterocycles. The van der Waals surface area contributed by atoms with Crippen molar-refractivity contribution in [3.63, 3.8) is 0 Å². The number of carboxylic acid groups (broad SMARTS) is 1. The highest BCUT2D eigenvalue weighted by Crippen LogP contribution is 2.13. The molecule has 2 rings (SSSR count). The molecule has 1 N–H and O–H groups in total. The Kier molecular flexibility index (Phi) is 3.20. The Labute approximate surface area is 98.3 Å². The van der Waals surface area contributed by atoms with Crippen LogP contribution in [0.4, 0.5) is 0 Å². The molecule has 17 heavy (non-hydrogen) atoms. The normalized spacial score (nSPS) is 10.4. The topological polar surface area (TPSA) is 64.3 Å². The first-order valence-electron chi connectivity index (χ1n) is 5.08. The Balaban J connectivity index is 2.48. The zero-order valence-corrected chi connectivity index (χ0v) is 9.33. The third kappa shape index (κ3) is 2.34. The van der Waals surface area contributed by atoms with Gasteiger partial charge in [-0.25, -0.2) is 9.78 Å². The van der Waals surface area contributed by atoms with Crippen LogP contribution in [-0.2, 0) is 11.3 Å². The van der Waals surface area contributed by atoms with Crippen molar-refractivity contribution >= 4 is 5.97 Å². The molecule has 5 nitrogen and oxygen atoms in total. The number of carboxylic acids is 1. The van der Waals surface area contributed by atoms with Gasteiger partial charge in [-0.3, -0.25) is 0 Å². The number of imidazole rings is 1. The van der Waals surface area contributed by atoms with Crippen LogP contribution in [0.3, 0.4) is 0 Å². The van der Waals surface area contributed by atoms with Crippen LogP contribution < -0.4 is 0 Å². The lowest BCUT2D eigenvalue weighted by Gasteiger charge is -2.05. The molecule has 2 aromatic rings. The van der Waals surface area contributed by atoms with Gasteiger partial charge in [-0.15, -0.1) is 0 Å². The van der Waals surface area contributed by atoms with Crippen LogP contribution in [0.5, 0.6) is 0 Å². The van der Waals surface area contributed by atoms with Crippen molar-refractivity contribution in [1.29, 1.82) is 0 Å². The van der Waals surface area contributed by atoms with E-state index in [9.17, 15) is 4.79 Å². The van der Waals surface area contributed by atoms with E-state index in [1.807, 2.05) is 30.3 Å². The number of aromatic nitrogens is 2. The van der Waals surface area contributed by atoms with Gasteiger partial charge < -0.3 is 14.4 Å². The van der Waals surface area contributed by atoms with E-state index in [1.54, 1.807) is 11.7 Å². The predicted molar refractivity (Wildman–Crippen MR) is 61.2 cm³/mol. The third-order valence-corrected chi connectivity index (χ3v) is 2.31. The zero-order valence-electron chi connectivity index (χ0n) is 9.33. The molecule has 0 bridgehead atoms. The van der Waals surface area contributed by atoms with Gasteiger partial charge in [0.2, 0.25) is 0 Å². The van der Waals surface area contributed by atoms with Crippen LogP contribution in [0.15, 0.2) is 36.5 Å². The summed E-state index contributed by atoms with van der Waals surface area (Å²) in [7, 11) is 1.55. The first-order valence-corrected chi connectivity index (χ1v) is 5.08. The molecule has 0 spiro atoms. The van der Waals surface area contributed by atoms with Gasteiger partial charge in [0.25, 0.3) is 0 Å². The van der Waals surface area contributed by atoms with Gasteiger partial charge in [0.15, 0.2) is 5.69 Å². The molecule has 0 aliphatic rings. The monoisotopic (exact) mass is 232 g/mol. The average molecular weight is 232 g/mol. The summed E-state index contributed by atoms with van der Waals surface area (Å²) in [6.45, 7) is 0.266. The second-order valence-corrected chi connectivity index (χ2v) is 3.49. The number of aromatic carboxylic acids is 1. The second-order valence-electron chi connectivity index (χ2n) is 3.49. The van der Waals surface area contributed by atoms with E-state index in [0.29, 0.717) is 5.82 Å². The Morgan fingerprint density at radius 1 is 1.41 bits per heavy atom. The lowest BCUT2D eigenvalue weighted by atomic mass is 10.3. The van der Waals surface area contributed by atoms with E-state index in [1.165, 1.54) is 6.20 Å². The van der Waals surface area contributed by atoms with E-state index in [2.05, 4.69) is 4.98 Å². The van der Waals surface area contributed by atoms with Crippen molar-refractivity contribution in [2.45, 2.75) is 6.61 Å². The molecular weight excluding hydrogens is 220 g/mol. The van der Waals surface area contributed by atoms with Gasteiger partial charge in [-0.2, -0.15) is 0 Å². The number of ether oxygens (including phenoxy) is 1. The fourth-order valence-corrected chi connectivity index (χ4v) is 1.56. The Hall–Kier alpha value is -2.14. The van der Waals surface area contributed by atoms with Crippen LogP contribution in [0.1, 0.15) is 16.3 Å². The SMILES string of the molecule is COCc1nc(C(=O)O)cn1-c1ccccc1. The molecule has 1 aromatic carbocycles. The van der Waals surface area contributed by atoms with Crippen LogP contribution in [0.2, 0.25) is 0 Å². The number of para-hydroxylation sites is 1. The van der Waals surface area contributed by atoms with Crippen LogP contribution in [-0.4, -0.2) is 27.7 Å². The van der Waals surface area contributed by atoms with Crippen molar-refractivity contribution in [3.8, 4) is 5.69 Å². The van der Waals surface area contributed by atoms with Gasteiger partial charge in [0.1, 0.15) is 12.4 Å². The molecule has 0 saturated carbocycles. The van der Waals surface area contributed by atoms with Crippen LogP contribution in [0, 0.1) is 0 Å². The summed E-state index contributed by atoms with van der Waals surface area (Å²) in [4.78, 5) is 14.9. The molecule has 0 unspecified atom stereocenters. The maximum Gasteiger partial charge on any atom is 0.356 e. The van der Waals surface area contributed by atoms with Crippen molar-refractivity contribution in [2.75, 3.05) is 7.11 Å². The molecule has 0 saturated heterocycles. The summed E-state index contributed by atoms with van der Waals surface area (Å²) in [6, 6.07) is 9.42. The minimum atomic E-state index is -1.04. The predicted octanol–water partition coefficient (Wildman–Crippen LogP) is 1.72. The number of rotatable bonds is 4. The third-order valence-electron chi connectivity index (χ3n) is 2.31. The van der Waals surface area contributed by atoms with Crippen molar-refractivity contribution in [1.82, 2.24) is 9.55 Å². The van der Waals surface area contributed by atoms with Crippen LogP contribution >= 0.6 is 0 Å². The first-order chi connectivity index (χ1) is 8.22. The smallest absolute Gasteiger partial charge is 0.356 e. The summed E-state index contributed by atoms with van der Waals surface area (Å²) in [5.74, 6) is -0.479. The molecule has 0 aliphatic carbocycles. The van der Waals surface area contributed by atoms with E-state index in [4.69, 9.17) is 9.84 Å². The van der Waals surface area contributed by atoms with Crippen molar-refractivity contribution in [3.05, 3.63) is 48.0 Å². The Morgan fingerprint density at radius 2 is 2.12 bits per heavy atom. The largest absolute Gasteiger partial charge is 0.476 e. The minimum Gasteiger partial charge on any atom is -0.476 e. The van der Waals surface area contributed by atoms with Gasteiger partial charge in [-0.1, -0.05) is 18.2 Å². The number of benzene rings is 1. The average Bonchev–Trinajstić information content (AvgIpc) is 2.75. The molecule has 0 amide bonds. The summed E-state index contributed by atoms with van der Waals surface area (Å²) in [6.07, 6.45) is 1.49. The molecule has 88 valence electrons. The van der Waals surface area contributed by atoms with Gasteiger partial charge in [-0.05, 0) is 12.1 Å². The molecular formula is C12H12N2O3. The number of hydrogen-bond acceptors (Lipinski definition) is 3. The lowest BCUT2D eigenvalue weighted by molar-refractivity contribution is 0.0690. The maximum absolute atomic E-state index is 10.9. The van der Waals surface area contributed by atoms with Crippen LogP contribution in [0.25, 0.3) is 5.69 Å². The second kappa shape index (κ2) is 4.80. The van der Waals surface area contributed by atoms with Crippen molar-refractivity contribution < 1.29 is 14.6 Å². The number of methoxy groups -OCH3 is 1. The zero-order chi connectivity index (χ0) is 12.3. The maximum atomic E-state index is 10.9. The summed E-state index contributed by atoms with van der Waals surface area (Å²) < 4.78 is 6.72. The lowest BCUT2D eigenvalue weighted by Crippen LogP contribution is -2.01. The quantitative estimate of drug-likeness (QED) is 0.871. The minimum absolute atomic E-state index is 0.0147. The van der Waals surface area contributed by atoms with E-state index in [0.717, 1.165) is 5.69 Å². The van der Waals surface area contributed by atoms with Crippen molar-refractivity contribution in [2.24, 2.45) is 0 Å². The van der Waals surface area contributed by atoms with Gasteiger partial charge in [0, 0.05) is 19.0 Å². The summed E-state index contributed by atoms with van der Waals surface area (Å²) in [5.41, 5.74) is 0.875. The highest BCUT2D eigenvalue weighted by molar-refractivity contribution is 5.85. The molecule has 1 aromatic heterocycles. The summed E-state index contributed by atoms with van der Waals surface area (Å²) >= 11 is 0. The Morgan fingerprint density at radius 3 is 2.71 bits per heavy atom. The fraction of sp³-hybridized carbons (Fsp3) is 0.167.